The van der Waals surface area contributed by atoms with E-state index >= 15 is 0 Å². The molecule has 0 amide bonds. The number of halogens is 1. The van der Waals surface area contributed by atoms with Crippen molar-refractivity contribution in [3.63, 3.8) is 0 Å². The fourth-order valence-corrected chi connectivity index (χ4v) is 4.80. The summed E-state index contributed by atoms with van der Waals surface area (Å²) in [5, 5.41) is 9.23. The molecule has 0 bridgehead atoms. The van der Waals surface area contributed by atoms with E-state index < -0.39 is 0 Å². The van der Waals surface area contributed by atoms with Gasteiger partial charge in [0.25, 0.3) is 0 Å². The number of nitrogens with zero attached hydrogens (tertiary/aromatic N) is 3. The Morgan fingerprint density at radius 3 is 2.41 bits per heavy atom. The first-order valence-electron chi connectivity index (χ1n) is 13.1. The lowest BCUT2D eigenvalue weighted by atomic mass is 10.1. The van der Waals surface area contributed by atoms with Gasteiger partial charge in [0.15, 0.2) is 5.65 Å². The summed E-state index contributed by atoms with van der Waals surface area (Å²) in [7, 11) is 0. The molecule has 39 heavy (non-hydrogen) atoms. The van der Waals surface area contributed by atoms with Crippen molar-refractivity contribution in [3.8, 4) is 11.3 Å². The van der Waals surface area contributed by atoms with Gasteiger partial charge in [0.1, 0.15) is 5.82 Å². The van der Waals surface area contributed by atoms with Crippen molar-refractivity contribution in [1.82, 2.24) is 19.6 Å². The highest BCUT2D eigenvalue weighted by atomic mass is 79.9. The van der Waals surface area contributed by atoms with E-state index in [2.05, 4.69) is 112 Å². The molecule has 0 aliphatic heterocycles. The zero-order valence-electron chi connectivity index (χ0n) is 22.5. The van der Waals surface area contributed by atoms with Crippen LogP contribution in [0.1, 0.15) is 36.2 Å². The smallest absolute Gasteiger partial charge is 0.172 e. The van der Waals surface area contributed by atoms with E-state index in [1.165, 1.54) is 27.6 Å². The number of H-pyrrole nitrogens is 1. The van der Waals surface area contributed by atoms with Gasteiger partial charge in [-0.05, 0) is 76.0 Å². The molecule has 0 atom stereocenters. The topological polar surface area (TPSA) is 58.0 Å². The minimum atomic E-state index is 0.730. The molecule has 6 rings (SSSR count). The number of rotatable bonds is 6. The van der Waals surface area contributed by atoms with Gasteiger partial charge in [-0.15, -0.1) is 0 Å². The van der Waals surface area contributed by atoms with Crippen molar-refractivity contribution in [1.29, 1.82) is 0 Å². The molecule has 2 N–H and O–H groups in total. The Morgan fingerprint density at radius 2 is 1.69 bits per heavy atom. The summed E-state index contributed by atoms with van der Waals surface area (Å²) in [6, 6.07) is 29.4. The zero-order valence-corrected chi connectivity index (χ0v) is 24.1. The number of hydrogen-bond acceptors (Lipinski definition) is 3. The normalized spacial score (nSPS) is 10.9. The number of nitrogens with one attached hydrogen (secondary N) is 2. The van der Waals surface area contributed by atoms with Crippen LogP contribution in [0.2, 0.25) is 0 Å². The van der Waals surface area contributed by atoms with Crippen LogP contribution < -0.4 is 5.32 Å². The van der Waals surface area contributed by atoms with E-state index in [0.717, 1.165) is 51.4 Å². The minimum absolute atomic E-state index is 0.730. The van der Waals surface area contributed by atoms with Gasteiger partial charge < -0.3 is 10.3 Å². The van der Waals surface area contributed by atoms with Crippen molar-refractivity contribution in [2.24, 2.45) is 0 Å². The maximum Gasteiger partial charge on any atom is 0.172 e. The molecule has 0 radical (unpaired) electrons. The monoisotopic (exact) mass is 577 g/mol. The number of para-hydroxylation sites is 1. The summed E-state index contributed by atoms with van der Waals surface area (Å²) in [6.45, 7) is 10.9. The zero-order chi connectivity index (χ0) is 27.4. The molecular weight excluding hydrogens is 546 g/mol. The highest BCUT2D eigenvalue weighted by molar-refractivity contribution is 9.10. The predicted octanol–water partition coefficient (Wildman–Crippen LogP) is 8.84. The van der Waals surface area contributed by atoms with Gasteiger partial charge in [-0.3, -0.25) is 0 Å². The summed E-state index contributed by atoms with van der Waals surface area (Å²) in [6.07, 6.45) is 2.84. The highest BCUT2D eigenvalue weighted by Crippen LogP contribution is 2.28. The number of hydrogen-bond donors (Lipinski definition) is 2. The minimum Gasteiger partial charge on any atom is -0.366 e. The van der Waals surface area contributed by atoms with Crippen molar-refractivity contribution in [2.75, 3.05) is 5.32 Å². The van der Waals surface area contributed by atoms with Crippen molar-refractivity contribution < 1.29 is 0 Å². The van der Waals surface area contributed by atoms with Crippen LogP contribution in [-0.4, -0.2) is 19.6 Å². The van der Waals surface area contributed by atoms with Crippen LogP contribution in [0.3, 0.4) is 0 Å². The lowest BCUT2D eigenvalue weighted by Crippen LogP contribution is -2.07. The van der Waals surface area contributed by atoms with Crippen LogP contribution in [0, 0.1) is 6.92 Å². The van der Waals surface area contributed by atoms with E-state index in [9.17, 15) is 0 Å². The van der Waals surface area contributed by atoms with E-state index in [1.54, 1.807) is 6.20 Å². The first-order valence-corrected chi connectivity index (χ1v) is 13.9. The molecule has 6 heteroatoms. The Labute approximate surface area is 237 Å². The second-order valence-corrected chi connectivity index (χ2v) is 10.5. The molecule has 0 unspecified atom stereocenters. The second-order valence-electron chi connectivity index (χ2n) is 9.64. The molecule has 3 aromatic carbocycles. The maximum absolute atomic E-state index is 4.82. The molecule has 0 saturated carbocycles. The number of allylic oxidation sites excluding steroid dienone is 1. The second kappa shape index (κ2) is 11.7. The average molecular weight is 579 g/mol. The van der Waals surface area contributed by atoms with Gasteiger partial charge in [0, 0.05) is 29.4 Å². The molecule has 3 heterocycles. The quantitative estimate of drug-likeness (QED) is 0.208. The number of aromatic nitrogens is 4. The molecule has 0 spiro atoms. The third-order valence-corrected chi connectivity index (χ3v) is 7.30. The Kier molecular flexibility index (Phi) is 7.94. The number of aryl methyl sites for hydroxylation is 2. The van der Waals surface area contributed by atoms with Gasteiger partial charge >= 0.3 is 0 Å². The van der Waals surface area contributed by atoms with Crippen molar-refractivity contribution in [3.05, 3.63) is 125 Å². The van der Waals surface area contributed by atoms with Crippen molar-refractivity contribution in [2.45, 2.75) is 33.7 Å². The highest BCUT2D eigenvalue weighted by Gasteiger charge is 2.12. The van der Waals surface area contributed by atoms with E-state index in [1.807, 2.05) is 35.7 Å². The Balaban J connectivity index is 0.000000214. The third-order valence-electron chi connectivity index (χ3n) is 6.74. The molecule has 196 valence electrons. The predicted molar refractivity (Wildman–Crippen MR) is 167 cm³/mol. The van der Waals surface area contributed by atoms with Crippen LogP contribution >= 0.6 is 15.9 Å². The molecule has 6 aromatic rings. The maximum atomic E-state index is 4.82. The summed E-state index contributed by atoms with van der Waals surface area (Å²) < 4.78 is 2.72. The molecule has 0 aliphatic rings. The standard InChI is InChI=1S/C22H21BrN4.C11H11N/c1-3-16-8-10-17(11-9-16)13-24-21-12-20(18-7-5-4-6-15(18)2)26-22-19(23)14-25-27(21)22;1-8(2)11-7-9-5-3-4-6-10(9)12-11/h4-12,14,24H,3,13H2,1-2H3;3-7,12H,1H2,2H3. The lowest BCUT2D eigenvalue weighted by Gasteiger charge is -2.12. The SMILES string of the molecule is C=C(C)c1cc2ccccc2[nH]1.CCc1ccc(CNc2cc(-c3ccccc3C)nc3c(Br)cnn23)cc1. The average Bonchev–Trinajstić information content (AvgIpc) is 3.57. The lowest BCUT2D eigenvalue weighted by molar-refractivity contribution is 0.926. The van der Waals surface area contributed by atoms with Crippen LogP contribution in [0.4, 0.5) is 5.82 Å². The molecular formula is C33H32BrN5. The molecule has 0 saturated heterocycles. The fourth-order valence-electron chi connectivity index (χ4n) is 4.45. The summed E-state index contributed by atoms with van der Waals surface area (Å²) in [4.78, 5) is 8.11. The number of benzene rings is 3. The molecule has 5 nitrogen and oxygen atoms in total. The van der Waals surface area contributed by atoms with Gasteiger partial charge in [-0.1, -0.05) is 80.2 Å². The number of anilines is 1. The summed E-state index contributed by atoms with van der Waals surface area (Å²) in [5.41, 5.74) is 10.0. The summed E-state index contributed by atoms with van der Waals surface area (Å²) in [5.74, 6) is 0.920. The largest absolute Gasteiger partial charge is 0.366 e. The van der Waals surface area contributed by atoms with Gasteiger partial charge in [0.2, 0.25) is 0 Å². The Hall–Kier alpha value is -4.16. The first-order chi connectivity index (χ1) is 18.9. The first kappa shape index (κ1) is 26.4. The van der Waals surface area contributed by atoms with E-state index in [-0.39, 0.29) is 0 Å². The van der Waals surface area contributed by atoms with Gasteiger partial charge in [0.05, 0.1) is 16.4 Å². The van der Waals surface area contributed by atoms with Crippen LogP contribution in [0.5, 0.6) is 0 Å². The van der Waals surface area contributed by atoms with E-state index in [0.29, 0.717) is 0 Å². The van der Waals surface area contributed by atoms with E-state index in [4.69, 9.17) is 4.98 Å². The Bertz CT molecular complexity index is 1710. The Morgan fingerprint density at radius 1 is 0.974 bits per heavy atom. The summed E-state index contributed by atoms with van der Waals surface area (Å²) >= 11 is 3.56. The molecule has 0 aliphatic carbocycles. The number of fused-ring (bicyclic) bond motifs is 2. The van der Waals surface area contributed by atoms with Crippen molar-refractivity contribution >= 4 is 43.9 Å². The fraction of sp³-hybridized carbons (Fsp3) is 0.152. The molecule has 0 fully saturated rings. The number of aromatic amines is 1. The van der Waals surface area contributed by atoms with Crippen LogP contribution in [-0.2, 0) is 13.0 Å². The third kappa shape index (κ3) is 5.96. The van der Waals surface area contributed by atoms with Gasteiger partial charge in [-0.25, -0.2) is 4.98 Å². The molecule has 3 aromatic heterocycles. The van der Waals surface area contributed by atoms with Crippen LogP contribution in [0.15, 0.2) is 102 Å². The van der Waals surface area contributed by atoms with Gasteiger partial charge in [-0.2, -0.15) is 9.61 Å². The van der Waals surface area contributed by atoms with Crippen LogP contribution in [0.25, 0.3) is 33.4 Å².